The summed E-state index contributed by atoms with van der Waals surface area (Å²) in [6, 6.07) is 6.12. The number of hydrogen-bond acceptors (Lipinski definition) is 4. The van der Waals surface area contributed by atoms with Gasteiger partial charge in [-0.25, -0.2) is 0 Å². The van der Waals surface area contributed by atoms with Gasteiger partial charge in [0.25, 0.3) is 0 Å². The number of nitrogens with zero attached hydrogens (tertiary/aromatic N) is 1. The van der Waals surface area contributed by atoms with Gasteiger partial charge in [-0.15, -0.1) is 0 Å². The Morgan fingerprint density at radius 2 is 2.15 bits per heavy atom. The summed E-state index contributed by atoms with van der Waals surface area (Å²) >= 11 is 0. The first-order valence-electron chi connectivity index (χ1n) is 7.47. The lowest BCUT2D eigenvalue weighted by molar-refractivity contribution is 0.0627. The molecule has 0 spiro atoms. The van der Waals surface area contributed by atoms with E-state index in [0.717, 1.165) is 36.9 Å². The van der Waals surface area contributed by atoms with Gasteiger partial charge in [0.15, 0.2) is 11.5 Å². The Morgan fingerprint density at radius 1 is 1.35 bits per heavy atom. The first-order valence-corrected chi connectivity index (χ1v) is 7.47. The van der Waals surface area contributed by atoms with Gasteiger partial charge in [-0.2, -0.15) is 0 Å². The molecule has 2 N–H and O–H groups in total. The van der Waals surface area contributed by atoms with E-state index in [2.05, 4.69) is 30.9 Å². The molecule has 4 nitrogen and oxygen atoms in total. The number of ether oxygens (including phenoxy) is 2. The molecular formula is C16H24N2O2. The van der Waals surface area contributed by atoms with Gasteiger partial charge in [0.1, 0.15) is 0 Å². The summed E-state index contributed by atoms with van der Waals surface area (Å²) in [6.45, 7) is 6.96. The first kappa shape index (κ1) is 13.7. The molecule has 1 aromatic rings. The van der Waals surface area contributed by atoms with Crippen molar-refractivity contribution in [2.24, 2.45) is 11.7 Å². The second-order valence-electron chi connectivity index (χ2n) is 6.41. The van der Waals surface area contributed by atoms with Crippen molar-refractivity contribution in [3.63, 3.8) is 0 Å². The van der Waals surface area contributed by atoms with Gasteiger partial charge in [0.2, 0.25) is 6.79 Å². The Bertz CT molecular complexity index is 487. The van der Waals surface area contributed by atoms with Crippen LogP contribution in [0, 0.1) is 5.92 Å². The van der Waals surface area contributed by atoms with Gasteiger partial charge in [-0.3, -0.25) is 4.90 Å². The van der Waals surface area contributed by atoms with Crippen LogP contribution in [0.2, 0.25) is 0 Å². The summed E-state index contributed by atoms with van der Waals surface area (Å²) < 4.78 is 10.8. The predicted octanol–water partition coefficient (Wildman–Crippen LogP) is 2.36. The normalized spacial score (nSPS) is 25.4. The maximum Gasteiger partial charge on any atom is 0.231 e. The molecule has 110 valence electrons. The third-order valence-corrected chi connectivity index (χ3v) is 4.38. The number of piperidine rings is 1. The summed E-state index contributed by atoms with van der Waals surface area (Å²) in [4.78, 5) is 2.42. The van der Waals surface area contributed by atoms with Crippen LogP contribution in [-0.2, 0) is 6.42 Å². The zero-order valence-electron chi connectivity index (χ0n) is 12.4. The number of nitrogens with two attached hydrogens (primary N) is 1. The third kappa shape index (κ3) is 2.76. The minimum Gasteiger partial charge on any atom is -0.454 e. The molecule has 0 radical (unpaired) electrons. The average molecular weight is 276 g/mol. The van der Waals surface area contributed by atoms with Crippen LogP contribution in [0.1, 0.15) is 32.3 Å². The van der Waals surface area contributed by atoms with E-state index in [1.54, 1.807) is 0 Å². The number of hydrogen-bond donors (Lipinski definition) is 1. The summed E-state index contributed by atoms with van der Waals surface area (Å²) in [5, 5.41) is 0. The minimum absolute atomic E-state index is 0.303. The molecule has 0 bridgehead atoms. The van der Waals surface area contributed by atoms with Crippen LogP contribution < -0.4 is 15.2 Å². The fourth-order valence-corrected chi connectivity index (χ4v) is 3.23. The highest BCUT2D eigenvalue weighted by molar-refractivity contribution is 5.44. The highest BCUT2D eigenvalue weighted by atomic mass is 16.7. The largest absolute Gasteiger partial charge is 0.454 e. The molecule has 1 aromatic carbocycles. The quantitative estimate of drug-likeness (QED) is 0.920. The maximum absolute atomic E-state index is 6.58. The molecule has 0 amide bonds. The monoisotopic (exact) mass is 276 g/mol. The second-order valence-corrected chi connectivity index (χ2v) is 6.41. The SMILES string of the molecule is CC1CCCN(C(C)(N)Cc2ccc3c(c2)OCO3)C1. The number of fused-ring (bicyclic) bond motifs is 1. The van der Waals surface area contributed by atoms with Crippen LogP contribution in [0.15, 0.2) is 18.2 Å². The molecule has 4 heteroatoms. The molecule has 0 aromatic heterocycles. The standard InChI is InChI=1S/C16H24N2O2/c1-12-4-3-7-18(10-12)16(2,17)9-13-5-6-14-15(8-13)20-11-19-14/h5-6,8,12H,3-4,7,9-11,17H2,1-2H3. The van der Waals surface area contributed by atoms with Gasteiger partial charge >= 0.3 is 0 Å². The van der Waals surface area contributed by atoms with E-state index in [0.29, 0.717) is 6.79 Å². The van der Waals surface area contributed by atoms with Gasteiger partial charge in [0.05, 0.1) is 5.66 Å². The fraction of sp³-hybridized carbons (Fsp3) is 0.625. The Hall–Kier alpha value is -1.26. The van der Waals surface area contributed by atoms with Crippen LogP contribution in [0.4, 0.5) is 0 Å². The summed E-state index contributed by atoms with van der Waals surface area (Å²) in [5.74, 6) is 2.41. The van der Waals surface area contributed by atoms with E-state index in [9.17, 15) is 0 Å². The molecule has 2 heterocycles. The zero-order chi connectivity index (χ0) is 14.2. The van der Waals surface area contributed by atoms with Gasteiger partial charge in [-0.05, 0) is 49.9 Å². The molecule has 20 heavy (non-hydrogen) atoms. The lowest BCUT2D eigenvalue weighted by Crippen LogP contribution is -2.58. The molecule has 1 saturated heterocycles. The second kappa shape index (κ2) is 5.26. The lowest BCUT2D eigenvalue weighted by atomic mass is 9.93. The number of benzene rings is 1. The van der Waals surface area contributed by atoms with E-state index in [1.165, 1.54) is 18.4 Å². The molecule has 2 aliphatic rings. The lowest BCUT2D eigenvalue weighted by Gasteiger charge is -2.42. The molecule has 1 fully saturated rings. The Balaban J connectivity index is 1.72. The molecule has 0 saturated carbocycles. The zero-order valence-corrected chi connectivity index (χ0v) is 12.4. The van der Waals surface area contributed by atoms with E-state index in [-0.39, 0.29) is 5.66 Å². The smallest absolute Gasteiger partial charge is 0.231 e. The number of rotatable bonds is 3. The van der Waals surface area contributed by atoms with Gasteiger partial charge in [-0.1, -0.05) is 13.0 Å². The third-order valence-electron chi connectivity index (χ3n) is 4.38. The van der Waals surface area contributed by atoms with Crippen molar-refractivity contribution < 1.29 is 9.47 Å². The van der Waals surface area contributed by atoms with E-state index >= 15 is 0 Å². The fourth-order valence-electron chi connectivity index (χ4n) is 3.23. The van der Waals surface area contributed by atoms with Crippen molar-refractivity contribution in [1.82, 2.24) is 4.90 Å². The van der Waals surface area contributed by atoms with Crippen molar-refractivity contribution in [2.45, 2.75) is 38.8 Å². The predicted molar refractivity (Wildman–Crippen MR) is 78.8 cm³/mol. The molecule has 2 unspecified atom stereocenters. The maximum atomic E-state index is 6.58. The minimum atomic E-state index is -0.303. The van der Waals surface area contributed by atoms with E-state index in [4.69, 9.17) is 15.2 Å². The van der Waals surface area contributed by atoms with Crippen molar-refractivity contribution in [3.05, 3.63) is 23.8 Å². The van der Waals surface area contributed by atoms with Crippen molar-refractivity contribution >= 4 is 0 Å². The van der Waals surface area contributed by atoms with Crippen molar-refractivity contribution in [3.8, 4) is 11.5 Å². The van der Waals surface area contributed by atoms with Crippen molar-refractivity contribution in [2.75, 3.05) is 19.9 Å². The number of likely N-dealkylation sites (tertiary alicyclic amines) is 1. The van der Waals surface area contributed by atoms with Crippen LogP contribution in [-0.4, -0.2) is 30.4 Å². The summed E-state index contributed by atoms with van der Waals surface area (Å²) in [6.07, 6.45) is 3.39. The highest BCUT2D eigenvalue weighted by Gasteiger charge is 2.31. The molecule has 2 aliphatic heterocycles. The first-order chi connectivity index (χ1) is 9.54. The van der Waals surface area contributed by atoms with E-state index in [1.807, 2.05) is 6.07 Å². The molecule has 0 aliphatic carbocycles. The van der Waals surface area contributed by atoms with Crippen molar-refractivity contribution in [1.29, 1.82) is 0 Å². The Morgan fingerprint density at radius 3 is 2.95 bits per heavy atom. The van der Waals surface area contributed by atoms with E-state index < -0.39 is 0 Å². The van der Waals surface area contributed by atoms with Gasteiger partial charge in [0, 0.05) is 13.0 Å². The van der Waals surface area contributed by atoms with Gasteiger partial charge < -0.3 is 15.2 Å². The molecule has 3 rings (SSSR count). The van der Waals surface area contributed by atoms with Crippen LogP contribution in [0.25, 0.3) is 0 Å². The average Bonchev–Trinajstić information content (AvgIpc) is 2.85. The van der Waals surface area contributed by atoms with Crippen LogP contribution in [0.5, 0.6) is 11.5 Å². The Labute approximate surface area is 120 Å². The highest BCUT2D eigenvalue weighted by Crippen LogP contribution is 2.34. The topological polar surface area (TPSA) is 47.7 Å². The Kier molecular flexibility index (Phi) is 3.61. The van der Waals surface area contributed by atoms with Crippen LogP contribution >= 0.6 is 0 Å². The molecular weight excluding hydrogens is 252 g/mol. The summed E-state index contributed by atoms with van der Waals surface area (Å²) in [5.41, 5.74) is 7.49. The van der Waals surface area contributed by atoms with Crippen LogP contribution in [0.3, 0.4) is 0 Å². The summed E-state index contributed by atoms with van der Waals surface area (Å²) in [7, 11) is 0. The molecule has 2 atom stereocenters.